The number of likely N-dealkylation sites (tertiary alicyclic amines) is 1. The van der Waals surface area contributed by atoms with Crippen LogP contribution < -0.4 is 4.72 Å². The van der Waals surface area contributed by atoms with Crippen LogP contribution in [-0.2, 0) is 14.8 Å². The fraction of sp³-hybridized carbons (Fsp3) is 1.00. The number of sulfonamides is 1. The van der Waals surface area contributed by atoms with E-state index in [9.17, 15) is 8.42 Å². The summed E-state index contributed by atoms with van der Waals surface area (Å²) in [6, 6.07) is -0.0236. The Kier molecular flexibility index (Phi) is 5.62. The molecule has 1 N–H and O–H groups in total. The van der Waals surface area contributed by atoms with Crippen LogP contribution >= 0.6 is 0 Å². The third-order valence-electron chi connectivity index (χ3n) is 3.79. The minimum atomic E-state index is -3.22. The van der Waals surface area contributed by atoms with Crippen LogP contribution in [0, 0.1) is 0 Å². The summed E-state index contributed by atoms with van der Waals surface area (Å²) >= 11 is 0. The summed E-state index contributed by atoms with van der Waals surface area (Å²) in [5, 5.41) is 0. The Hall–Kier alpha value is -0.170. The van der Waals surface area contributed by atoms with Gasteiger partial charge in [0.1, 0.15) is 0 Å². The molecule has 112 valence electrons. The third-order valence-corrected chi connectivity index (χ3v) is 5.36. The van der Waals surface area contributed by atoms with Crippen molar-refractivity contribution in [2.45, 2.75) is 51.2 Å². The van der Waals surface area contributed by atoms with Crippen LogP contribution in [0.5, 0.6) is 0 Å². The molecule has 0 saturated carbocycles. The maximum Gasteiger partial charge on any atom is 0.214 e. The highest BCUT2D eigenvalue weighted by Crippen LogP contribution is 2.14. The van der Waals surface area contributed by atoms with Gasteiger partial charge in [0.15, 0.2) is 0 Å². The zero-order valence-electron chi connectivity index (χ0n) is 11.8. The molecule has 2 heterocycles. The fourth-order valence-electron chi connectivity index (χ4n) is 2.94. The van der Waals surface area contributed by atoms with E-state index in [1.54, 1.807) is 0 Å². The SMILES string of the molecule is CC(CN1CCCCC1)NS(=O)(=O)CC1CCCO1. The molecule has 2 rings (SSSR count). The highest BCUT2D eigenvalue weighted by Gasteiger charge is 2.25. The fourth-order valence-corrected chi connectivity index (χ4v) is 4.48. The maximum atomic E-state index is 12.0. The number of piperidine rings is 1. The summed E-state index contributed by atoms with van der Waals surface area (Å²) in [4.78, 5) is 2.35. The number of ether oxygens (including phenoxy) is 1. The van der Waals surface area contributed by atoms with Crippen molar-refractivity contribution in [2.24, 2.45) is 0 Å². The Morgan fingerprint density at radius 1 is 1.26 bits per heavy atom. The van der Waals surface area contributed by atoms with E-state index >= 15 is 0 Å². The van der Waals surface area contributed by atoms with Gasteiger partial charge in [0.25, 0.3) is 0 Å². The minimum absolute atomic E-state index is 0.0236. The second kappa shape index (κ2) is 7.02. The van der Waals surface area contributed by atoms with Gasteiger partial charge in [0.05, 0.1) is 11.9 Å². The van der Waals surface area contributed by atoms with E-state index in [-0.39, 0.29) is 17.9 Å². The number of nitrogens with one attached hydrogen (secondary N) is 1. The van der Waals surface area contributed by atoms with Crippen molar-refractivity contribution in [3.8, 4) is 0 Å². The van der Waals surface area contributed by atoms with Crippen LogP contribution in [0.4, 0.5) is 0 Å². The Labute approximate surface area is 116 Å². The summed E-state index contributed by atoms with van der Waals surface area (Å²) < 4.78 is 32.2. The van der Waals surface area contributed by atoms with Crippen molar-refractivity contribution < 1.29 is 13.2 Å². The van der Waals surface area contributed by atoms with Gasteiger partial charge < -0.3 is 9.64 Å². The van der Waals surface area contributed by atoms with E-state index in [4.69, 9.17) is 4.74 Å². The van der Waals surface area contributed by atoms with E-state index in [0.29, 0.717) is 6.61 Å². The molecule has 5 nitrogen and oxygen atoms in total. The van der Waals surface area contributed by atoms with Gasteiger partial charge >= 0.3 is 0 Å². The van der Waals surface area contributed by atoms with Crippen molar-refractivity contribution in [1.82, 2.24) is 9.62 Å². The van der Waals surface area contributed by atoms with E-state index < -0.39 is 10.0 Å². The molecule has 2 unspecified atom stereocenters. The van der Waals surface area contributed by atoms with Gasteiger partial charge in [0, 0.05) is 19.2 Å². The second-order valence-corrected chi connectivity index (χ2v) is 7.60. The smallest absolute Gasteiger partial charge is 0.214 e. The van der Waals surface area contributed by atoms with E-state index in [1.165, 1.54) is 19.3 Å². The van der Waals surface area contributed by atoms with Gasteiger partial charge in [-0.05, 0) is 45.7 Å². The standard InChI is InChI=1S/C13H26N2O3S/c1-12(10-15-7-3-2-4-8-15)14-19(16,17)11-13-6-5-9-18-13/h12-14H,2-11H2,1H3. The maximum absolute atomic E-state index is 12.0. The first-order valence-electron chi connectivity index (χ1n) is 7.39. The van der Waals surface area contributed by atoms with Crippen molar-refractivity contribution in [3.63, 3.8) is 0 Å². The third kappa shape index (κ3) is 5.38. The molecule has 2 atom stereocenters. The van der Waals surface area contributed by atoms with Crippen LogP contribution in [-0.4, -0.2) is 57.5 Å². The summed E-state index contributed by atoms with van der Waals surface area (Å²) in [6.07, 6.45) is 5.49. The molecule has 0 bridgehead atoms. The molecule has 2 aliphatic heterocycles. The molecule has 6 heteroatoms. The Bertz CT molecular complexity index is 360. The molecule has 0 spiro atoms. The zero-order valence-corrected chi connectivity index (χ0v) is 12.6. The first-order chi connectivity index (χ1) is 9.05. The average molecular weight is 290 g/mol. The van der Waals surface area contributed by atoms with Crippen LogP contribution in [0.15, 0.2) is 0 Å². The Morgan fingerprint density at radius 3 is 2.63 bits per heavy atom. The zero-order chi connectivity index (χ0) is 13.7. The molecule has 2 aliphatic rings. The summed E-state index contributed by atoms with van der Waals surface area (Å²) in [5.74, 6) is 0.108. The summed E-state index contributed by atoms with van der Waals surface area (Å²) in [5.41, 5.74) is 0. The van der Waals surface area contributed by atoms with Crippen LogP contribution in [0.1, 0.15) is 39.0 Å². The molecule has 19 heavy (non-hydrogen) atoms. The molecule has 2 saturated heterocycles. The van der Waals surface area contributed by atoms with Crippen molar-refractivity contribution in [1.29, 1.82) is 0 Å². The van der Waals surface area contributed by atoms with Crippen molar-refractivity contribution >= 4 is 10.0 Å². The molecule has 0 aromatic carbocycles. The van der Waals surface area contributed by atoms with Gasteiger partial charge in [-0.1, -0.05) is 6.42 Å². The molecule has 2 fully saturated rings. The molecule has 0 aliphatic carbocycles. The lowest BCUT2D eigenvalue weighted by Crippen LogP contribution is -2.45. The van der Waals surface area contributed by atoms with Crippen LogP contribution in [0.2, 0.25) is 0 Å². The number of nitrogens with zero attached hydrogens (tertiary/aromatic N) is 1. The van der Waals surface area contributed by atoms with E-state index in [1.807, 2.05) is 6.92 Å². The highest BCUT2D eigenvalue weighted by atomic mass is 32.2. The number of hydrogen-bond acceptors (Lipinski definition) is 4. The van der Waals surface area contributed by atoms with Gasteiger partial charge in [0.2, 0.25) is 10.0 Å². The highest BCUT2D eigenvalue weighted by molar-refractivity contribution is 7.89. The van der Waals surface area contributed by atoms with Crippen molar-refractivity contribution in [2.75, 3.05) is 32.0 Å². The van der Waals surface area contributed by atoms with Gasteiger partial charge in [-0.3, -0.25) is 0 Å². The lowest BCUT2D eigenvalue weighted by molar-refractivity contribution is 0.127. The van der Waals surface area contributed by atoms with E-state index in [0.717, 1.165) is 32.5 Å². The topological polar surface area (TPSA) is 58.6 Å². The summed E-state index contributed by atoms with van der Waals surface area (Å²) in [6.45, 7) is 5.64. The molecule has 0 radical (unpaired) electrons. The Balaban J connectivity index is 1.74. The molecule has 0 aromatic rings. The normalized spacial score (nSPS) is 27.5. The largest absolute Gasteiger partial charge is 0.377 e. The summed E-state index contributed by atoms with van der Waals surface area (Å²) in [7, 11) is -3.22. The van der Waals surface area contributed by atoms with Gasteiger partial charge in [-0.15, -0.1) is 0 Å². The van der Waals surface area contributed by atoms with E-state index in [2.05, 4.69) is 9.62 Å². The molecule has 0 amide bonds. The second-order valence-electron chi connectivity index (χ2n) is 5.80. The lowest BCUT2D eigenvalue weighted by atomic mass is 10.1. The van der Waals surface area contributed by atoms with Crippen molar-refractivity contribution in [3.05, 3.63) is 0 Å². The number of hydrogen-bond donors (Lipinski definition) is 1. The van der Waals surface area contributed by atoms with Gasteiger partial charge in [-0.25, -0.2) is 13.1 Å². The predicted molar refractivity (Wildman–Crippen MR) is 75.6 cm³/mol. The minimum Gasteiger partial charge on any atom is -0.377 e. The monoisotopic (exact) mass is 290 g/mol. The molecular weight excluding hydrogens is 264 g/mol. The number of rotatable bonds is 6. The Morgan fingerprint density at radius 2 is 2.00 bits per heavy atom. The molecular formula is C13H26N2O3S. The van der Waals surface area contributed by atoms with Gasteiger partial charge in [-0.2, -0.15) is 0 Å². The quantitative estimate of drug-likeness (QED) is 0.791. The first kappa shape index (κ1) is 15.2. The predicted octanol–water partition coefficient (Wildman–Crippen LogP) is 0.959. The van der Waals surface area contributed by atoms with Crippen LogP contribution in [0.25, 0.3) is 0 Å². The van der Waals surface area contributed by atoms with Crippen LogP contribution in [0.3, 0.4) is 0 Å². The average Bonchev–Trinajstić information content (AvgIpc) is 2.81. The molecule has 0 aromatic heterocycles. The first-order valence-corrected chi connectivity index (χ1v) is 9.04. The lowest BCUT2D eigenvalue weighted by Gasteiger charge is -2.29.